The Hall–Kier alpha value is -1.71. The Bertz CT molecular complexity index is 1470. The minimum atomic E-state index is -5.75. The van der Waals surface area contributed by atoms with Crippen LogP contribution in [0, 0.1) is 0 Å². The van der Waals surface area contributed by atoms with Crippen molar-refractivity contribution >= 4 is 40.7 Å². The van der Waals surface area contributed by atoms with Gasteiger partial charge in [0.2, 0.25) is 5.95 Å². The Morgan fingerprint density at radius 1 is 1.09 bits per heavy atom. The predicted molar refractivity (Wildman–Crippen MR) is 137 cm³/mol. The van der Waals surface area contributed by atoms with Gasteiger partial charge in [0.15, 0.2) is 11.2 Å². The van der Waals surface area contributed by atoms with Crippen molar-refractivity contribution in [3.8, 4) is 0 Å². The first-order valence-corrected chi connectivity index (χ1v) is 16.8. The molecule has 43 heavy (non-hydrogen) atoms. The molecule has 4 heterocycles. The fraction of sp³-hybridized carbons (Fsp3) is 0.722. The van der Waals surface area contributed by atoms with Crippen molar-refractivity contribution in [3.05, 3.63) is 16.7 Å². The fourth-order valence-electron chi connectivity index (χ4n) is 4.05. The number of aliphatic hydroxyl groups excluding tert-OH is 2. The third kappa shape index (κ3) is 9.64. The number of H-pyrrole nitrogens is 1. The van der Waals surface area contributed by atoms with E-state index >= 15 is 0 Å². The molecule has 0 aliphatic carbocycles. The van der Waals surface area contributed by atoms with Crippen molar-refractivity contribution in [2.75, 3.05) is 38.8 Å². The number of nitrogens with zero attached hydrogens (tertiary/aromatic N) is 3. The number of halogens is 1. The molecule has 2 aliphatic rings. The van der Waals surface area contributed by atoms with Gasteiger partial charge in [-0.05, 0) is 12.8 Å². The third-order valence-electron chi connectivity index (χ3n) is 6.05. The number of aliphatic hydroxyl groups is 2. The molecule has 2 fully saturated rings. The number of nitrogens with two attached hydrogens (primary N) is 1. The molecule has 25 heteroatoms. The number of imidazole rings is 1. The molecule has 0 spiro atoms. The number of rotatable bonds is 15. The van der Waals surface area contributed by atoms with Crippen LogP contribution in [0.4, 0.5) is 10.1 Å². The monoisotopic (exact) mass is 683 g/mol. The lowest BCUT2D eigenvalue weighted by Crippen LogP contribution is -2.32. The lowest BCUT2D eigenvalue weighted by atomic mass is 10.2. The van der Waals surface area contributed by atoms with Crippen LogP contribution in [0.15, 0.2) is 11.1 Å². The van der Waals surface area contributed by atoms with E-state index in [1.807, 2.05) is 0 Å². The average Bonchev–Trinajstić information content (AvgIpc) is 3.62. The van der Waals surface area contributed by atoms with Gasteiger partial charge in [-0.3, -0.25) is 41.9 Å². The van der Waals surface area contributed by atoms with Crippen LogP contribution in [-0.4, -0.2) is 108 Å². The van der Waals surface area contributed by atoms with E-state index in [1.165, 1.54) is 10.9 Å². The van der Waals surface area contributed by atoms with Crippen LogP contribution in [0.5, 0.6) is 0 Å². The molecule has 2 aromatic heterocycles. The zero-order valence-electron chi connectivity index (χ0n) is 21.9. The summed E-state index contributed by atoms with van der Waals surface area (Å²) in [5.74, 6) is -0.137. The molecule has 2 aliphatic heterocycles. The van der Waals surface area contributed by atoms with E-state index in [4.69, 9.17) is 24.6 Å². The van der Waals surface area contributed by atoms with Gasteiger partial charge in [0.1, 0.15) is 30.6 Å². The Labute approximate surface area is 240 Å². The van der Waals surface area contributed by atoms with E-state index in [-0.39, 0.29) is 23.7 Å². The molecule has 0 amide bonds. The summed E-state index contributed by atoms with van der Waals surface area (Å²) in [7, 11) is -15.7. The first-order chi connectivity index (χ1) is 20.0. The summed E-state index contributed by atoms with van der Waals surface area (Å²) in [6, 6.07) is 0. The Morgan fingerprint density at radius 2 is 1.74 bits per heavy atom. The molecule has 0 saturated carbocycles. The van der Waals surface area contributed by atoms with Gasteiger partial charge in [0.25, 0.3) is 5.56 Å². The number of anilines is 1. The van der Waals surface area contributed by atoms with E-state index in [0.717, 1.165) is 0 Å². The van der Waals surface area contributed by atoms with E-state index in [9.17, 15) is 42.7 Å². The molecule has 2 saturated heterocycles. The molecule has 0 bridgehead atoms. The number of aromatic amines is 1. The average molecular weight is 683 g/mol. The number of nitrogen functional groups attached to an aromatic ring is 1. The summed E-state index contributed by atoms with van der Waals surface area (Å²) in [5, 5.41) is 19.1. The highest BCUT2D eigenvalue weighted by Crippen LogP contribution is 2.49. The number of nitrogens with one attached hydrogen (secondary N) is 1. The van der Waals surface area contributed by atoms with Gasteiger partial charge < -0.3 is 35.2 Å². The first-order valence-electron chi connectivity index (χ1n) is 12.3. The van der Waals surface area contributed by atoms with Gasteiger partial charge in [-0.2, -0.15) is 4.98 Å². The van der Waals surface area contributed by atoms with Crippen molar-refractivity contribution in [1.29, 1.82) is 0 Å². The molecule has 9 atom stereocenters. The van der Waals surface area contributed by atoms with Crippen LogP contribution in [0.1, 0.15) is 19.1 Å². The number of hydrogen-bond acceptors (Lipinski definition) is 16. The zero-order chi connectivity index (χ0) is 31.6. The number of ether oxygens (including phenoxy) is 2. The Morgan fingerprint density at radius 3 is 2.35 bits per heavy atom. The number of phosphoric ester groups is 2. The fourth-order valence-corrected chi connectivity index (χ4v) is 6.09. The van der Waals surface area contributed by atoms with E-state index < -0.39 is 92.3 Å². The molecule has 4 unspecified atom stereocenters. The molecular formula is C18H29FN5O16P3. The maximum atomic E-state index is 13.3. The smallest absolute Gasteiger partial charge is 0.388 e. The minimum Gasteiger partial charge on any atom is -0.388 e. The normalized spacial score (nSPS) is 29.3. The third-order valence-corrected chi connectivity index (χ3v) is 8.51. The Kier molecular flexibility index (Phi) is 10.9. The van der Waals surface area contributed by atoms with Gasteiger partial charge in [-0.25, -0.2) is 18.7 Å². The predicted octanol–water partition coefficient (Wildman–Crippen LogP) is -0.778. The van der Waals surface area contributed by atoms with Crippen molar-refractivity contribution in [3.63, 3.8) is 0 Å². The molecule has 2 aromatic rings. The highest BCUT2D eigenvalue weighted by Gasteiger charge is 2.38. The molecule has 8 N–H and O–H groups in total. The molecule has 4 rings (SSSR count). The van der Waals surface area contributed by atoms with E-state index in [0.29, 0.717) is 12.8 Å². The van der Waals surface area contributed by atoms with Gasteiger partial charge >= 0.3 is 23.6 Å². The maximum Gasteiger partial charge on any atom is 0.510 e. The van der Waals surface area contributed by atoms with Crippen molar-refractivity contribution < 1.29 is 74.9 Å². The summed E-state index contributed by atoms with van der Waals surface area (Å²) in [5.41, 5.74) is 5.22. The Balaban J connectivity index is 1.26. The SMILES string of the molecule is Nc1nc2c(ncn2[C@H]2CC[C@@H](COP(=O)(O)OCC(COP(=O)(O)OC[C@H]3OC[C@H](O)[C@@H]3O)OP(=O)(O)F)O2)c(=O)[nH]1. The second-order valence-electron chi connectivity index (χ2n) is 9.29. The molecule has 21 nitrogen and oxygen atoms in total. The summed E-state index contributed by atoms with van der Waals surface area (Å²) in [6.45, 7) is -3.73. The molecular weight excluding hydrogens is 654 g/mol. The second-order valence-corrected chi connectivity index (χ2v) is 13.3. The van der Waals surface area contributed by atoms with Crippen molar-refractivity contribution in [2.24, 2.45) is 0 Å². The van der Waals surface area contributed by atoms with E-state index in [1.54, 1.807) is 0 Å². The number of fused-ring (bicyclic) bond motifs is 1. The van der Waals surface area contributed by atoms with Gasteiger partial charge in [0, 0.05) is 0 Å². The number of aromatic nitrogens is 4. The minimum absolute atomic E-state index is 0.0257. The van der Waals surface area contributed by atoms with Crippen LogP contribution in [0.25, 0.3) is 11.2 Å². The molecule has 244 valence electrons. The van der Waals surface area contributed by atoms with Crippen molar-refractivity contribution in [2.45, 2.75) is 49.6 Å². The maximum absolute atomic E-state index is 13.3. The van der Waals surface area contributed by atoms with Crippen LogP contribution >= 0.6 is 23.6 Å². The first kappa shape index (κ1) is 34.2. The number of hydrogen-bond donors (Lipinski definition) is 7. The van der Waals surface area contributed by atoms with Crippen LogP contribution in [0.3, 0.4) is 0 Å². The highest BCUT2D eigenvalue weighted by atomic mass is 31.2. The highest BCUT2D eigenvalue weighted by molar-refractivity contribution is 7.47. The number of phosphoric acid groups is 2. The summed E-state index contributed by atoms with van der Waals surface area (Å²) in [4.78, 5) is 51.0. The van der Waals surface area contributed by atoms with Gasteiger partial charge in [-0.15, -0.1) is 4.20 Å². The lowest BCUT2D eigenvalue weighted by molar-refractivity contribution is -0.0259. The standard InChI is InChI=1S/C18H29FN5O16P3/c19-41(28,29)40-10(5-37-43(32,33)38-7-12-15(26)11(25)6-34-12)4-36-42(30,31)35-3-9-1-2-13(39-9)24-8-21-14-16(24)22-18(20)23-17(14)27/h8-13,15,25-26H,1-7H2,(H,28,29)(H,30,31)(H,32,33)(H3,20,22,23,27)/t9-,10?,11-,12+,13+,15-/m0/s1. The van der Waals surface area contributed by atoms with Crippen LogP contribution < -0.4 is 11.3 Å². The van der Waals surface area contributed by atoms with Crippen LogP contribution in [0.2, 0.25) is 0 Å². The lowest BCUT2D eigenvalue weighted by Gasteiger charge is -2.22. The summed E-state index contributed by atoms with van der Waals surface area (Å²) >= 11 is 0. The second kappa shape index (κ2) is 13.7. The quantitative estimate of drug-likeness (QED) is 0.113. The summed E-state index contributed by atoms with van der Waals surface area (Å²) < 4.78 is 84.0. The largest absolute Gasteiger partial charge is 0.510 e. The summed E-state index contributed by atoms with van der Waals surface area (Å²) in [6.07, 6.45) is -5.22. The molecule has 0 aromatic carbocycles. The van der Waals surface area contributed by atoms with E-state index in [2.05, 4.69) is 33.0 Å². The zero-order valence-corrected chi connectivity index (χ0v) is 24.5. The van der Waals surface area contributed by atoms with Gasteiger partial charge in [-0.1, -0.05) is 0 Å². The molecule has 0 radical (unpaired) electrons. The van der Waals surface area contributed by atoms with Crippen molar-refractivity contribution in [1.82, 2.24) is 19.5 Å². The van der Waals surface area contributed by atoms with Crippen LogP contribution in [-0.2, 0) is 45.8 Å². The topological polar surface area (TPSA) is 307 Å². The van der Waals surface area contributed by atoms with Gasteiger partial charge in [0.05, 0.1) is 45.5 Å².